The van der Waals surface area contributed by atoms with Gasteiger partial charge in [-0.15, -0.1) is 0 Å². The minimum absolute atomic E-state index is 0.338. The number of halogens is 2. The van der Waals surface area contributed by atoms with E-state index in [-0.39, 0.29) is 0 Å². The fourth-order valence-corrected chi connectivity index (χ4v) is 2.15. The lowest BCUT2D eigenvalue weighted by molar-refractivity contribution is 0.628. The zero-order valence-electron chi connectivity index (χ0n) is 12.3. The molecule has 0 aliphatic heterocycles. The van der Waals surface area contributed by atoms with Gasteiger partial charge in [0.1, 0.15) is 23.3 Å². The Bertz CT molecular complexity index is 626. The fraction of sp³-hybridized carbons (Fsp3) is 0.333. The van der Waals surface area contributed by atoms with Crippen LogP contribution in [0.5, 0.6) is 0 Å². The van der Waals surface area contributed by atoms with Gasteiger partial charge in [0.05, 0.1) is 0 Å². The highest BCUT2D eigenvalue weighted by atomic mass is 35.5. The van der Waals surface area contributed by atoms with Gasteiger partial charge in [0.2, 0.25) is 0 Å². The van der Waals surface area contributed by atoms with Crippen LogP contribution < -0.4 is 10.6 Å². The lowest BCUT2D eigenvalue weighted by atomic mass is 10.2. The van der Waals surface area contributed by atoms with Crippen molar-refractivity contribution in [3.05, 3.63) is 40.4 Å². The van der Waals surface area contributed by atoms with Gasteiger partial charge in [0, 0.05) is 22.8 Å². The molecule has 112 valence electrons. The maximum atomic E-state index is 13.4. The number of rotatable bonds is 5. The SMILES string of the molecule is CCCNc1nc(C)nc(Nc2cc(F)cc(Cl)c2)c1C. The second-order valence-corrected chi connectivity index (χ2v) is 5.24. The highest BCUT2D eigenvalue weighted by molar-refractivity contribution is 6.30. The van der Waals surface area contributed by atoms with Crippen LogP contribution in [0.2, 0.25) is 5.02 Å². The van der Waals surface area contributed by atoms with E-state index in [0.717, 1.165) is 24.3 Å². The lowest BCUT2D eigenvalue weighted by Crippen LogP contribution is -2.09. The van der Waals surface area contributed by atoms with Gasteiger partial charge in [0.15, 0.2) is 0 Å². The van der Waals surface area contributed by atoms with Crippen molar-refractivity contribution in [1.82, 2.24) is 9.97 Å². The third kappa shape index (κ3) is 4.04. The smallest absolute Gasteiger partial charge is 0.139 e. The minimum Gasteiger partial charge on any atom is -0.370 e. The number of aryl methyl sites for hydroxylation is 1. The molecule has 2 N–H and O–H groups in total. The molecule has 2 aromatic rings. The Kier molecular flexibility index (Phi) is 4.96. The van der Waals surface area contributed by atoms with Gasteiger partial charge in [-0.1, -0.05) is 18.5 Å². The summed E-state index contributed by atoms with van der Waals surface area (Å²) < 4.78 is 13.4. The topological polar surface area (TPSA) is 49.8 Å². The quantitative estimate of drug-likeness (QED) is 0.856. The largest absolute Gasteiger partial charge is 0.370 e. The third-order valence-electron chi connectivity index (χ3n) is 2.93. The maximum Gasteiger partial charge on any atom is 0.139 e. The van der Waals surface area contributed by atoms with Gasteiger partial charge in [0.25, 0.3) is 0 Å². The van der Waals surface area contributed by atoms with Crippen LogP contribution in [0.25, 0.3) is 0 Å². The Balaban J connectivity index is 2.32. The molecular formula is C15H18ClFN4. The first kappa shape index (κ1) is 15.5. The van der Waals surface area contributed by atoms with Gasteiger partial charge >= 0.3 is 0 Å². The van der Waals surface area contributed by atoms with Gasteiger partial charge in [-0.2, -0.15) is 0 Å². The predicted octanol–water partition coefficient (Wildman–Crippen LogP) is 4.45. The second-order valence-electron chi connectivity index (χ2n) is 4.80. The van der Waals surface area contributed by atoms with Crippen molar-refractivity contribution in [2.45, 2.75) is 27.2 Å². The van der Waals surface area contributed by atoms with Crippen LogP contribution in [-0.4, -0.2) is 16.5 Å². The molecule has 0 bridgehead atoms. The molecule has 0 aliphatic carbocycles. The van der Waals surface area contributed by atoms with Crippen LogP contribution in [0.3, 0.4) is 0 Å². The van der Waals surface area contributed by atoms with Crippen LogP contribution in [0.4, 0.5) is 21.7 Å². The van der Waals surface area contributed by atoms with Gasteiger partial charge < -0.3 is 10.6 Å². The molecule has 0 spiro atoms. The highest BCUT2D eigenvalue weighted by Gasteiger charge is 2.10. The molecular weight excluding hydrogens is 291 g/mol. The molecule has 0 radical (unpaired) electrons. The Hall–Kier alpha value is -1.88. The molecule has 0 saturated heterocycles. The molecule has 0 saturated carbocycles. The first-order valence-electron chi connectivity index (χ1n) is 6.82. The minimum atomic E-state index is -0.391. The summed E-state index contributed by atoms with van der Waals surface area (Å²) >= 11 is 5.86. The number of nitrogens with one attached hydrogen (secondary N) is 2. The monoisotopic (exact) mass is 308 g/mol. The van der Waals surface area contributed by atoms with Gasteiger partial charge in [-0.25, -0.2) is 14.4 Å². The summed E-state index contributed by atoms with van der Waals surface area (Å²) in [6.45, 7) is 6.66. The van der Waals surface area contributed by atoms with Gasteiger partial charge in [-0.3, -0.25) is 0 Å². The Morgan fingerprint density at radius 2 is 1.86 bits per heavy atom. The van der Waals surface area contributed by atoms with Crippen molar-refractivity contribution >= 4 is 28.9 Å². The molecule has 2 rings (SSSR count). The summed E-state index contributed by atoms with van der Waals surface area (Å²) in [6, 6.07) is 4.29. The Morgan fingerprint density at radius 1 is 1.14 bits per heavy atom. The van der Waals surface area contributed by atoms with Crippen LogP contribution in [0.15, 0.2) is 18.2 Å². The zero-order chi connectivity index (χ0) is 15.4. The van der Waals surface area contributed by atoms with E-state index < -0.39 is 5.82 Å². The summed E-state index contributed by atoms with van der Waals surface area (Å²) in [4.78, 5) is 8.75. The number of hydrogen-bond acceptors (Lipinski definition) is 4. The first-order valence-corrected chi connectivity index (χ1v) is 7.19. The lowest BCUT2D eigenvalue weighted by Gasteiger charge is -2.14. The average molecular weight is 309 g/mol. The Morgan fingerprint density at radius 3 is 2.52 bits per heavy atom. The van der Waals surface area contributed by atoms with Crippen molar-refractivity contribution in [1.29, 1.82) is 0 Å². The van der Waals surface area contributed by atoms with E-state index in [1.165, 1.54) is 12.1 Å². The van der Waals surface area contributed by atoms with Gasteiger partial charge in [-0.05, 0) is 38.5 Å². The van der Waals surface area contributed by atoms with Crippen molar-refractivity contribution in [3.63, 3.8) is 0 Å². The summed E-state index contributed by atoms with van der Waals surface area (Å²) in [5.74, 6) is 1.68. The molecule has 0 unspecified atom stereocenters. The molecule has 21 heavy (non-hydrogen) atoms. The fourth-order valence-electron chi connectivity index (χ4n) is 1.93. The van der Waals surface area contributed by atoms with E-state index in [2.05, 4.69) is 27.5 Å². The van der Waals surface area contributed by atoms with E-state index >= 15 is 0 Å². The number of aromatic nitrogens is 2. The van der Waals surface area contributed by atoms with Crippen molar-refractivity contribution in [2.24, 2.45) is 0 Å². The molecule has 4 nitrogen and oxygen atoms in total. The second kappa shape index (κ2) is 6.72. The molecule has 1 aromatic heterocycles. The molecule has 0 atom stereocenters. The third-order valence-corrected chi connectivity index (χ3v) is 3.14. The molecule has 6 heteroatoms. The van der Waals surface area contributed by atoms with Crippen LogP contribution in [0, 0.1) is 19.7 Å². The number of hydrogen-bond donors (Lipinski definition) is 2. The van der Waals surface area contributed by atoms with Crippen LogP contribution in [-0.2, 0) is 0 Å². The van der Waals surface area contributed by atoms with E-state index in [1.54, 1.807) is 6.07 Å². The van der Waals surface area contributed by atoms with E-state index in [0.29, 0.717) is 22.4 Å². The summed E-state index contributed by atoms with van der Waals surface area (Å²) in [5.41, 5.74) is 1.44. The molecule has 1 heterocycles. The standard InChI is InChI=1S/C15H18ClFN4/c1-4-5-18-14-9(2)15(20-10(3)19-14)21-13-7-11(16)6-12(17)8-13/h6-8H,4-5H2,1-3H3,(H2,18,19,20,21). The highest BCUT2D eigenvalue weighted by Crippen LogP contribution is 2.25. The maximum absolute atomic E-state index is 13.4. The molecule has 0 aliphatic rings. The average Bonchev–Trinajstić information content (AvgIpc) is 2.39. The van der Waals surface area contributed by atoms with Crippen LogP contribution in [0.1, 0.15) is 24.7 Å². The Labute approximate surface area is 128 Å². The van der Waals surface area contributed by atoms with Crippen molar-refractivity contribution in [3.8, 4) is 0 Å². The van der Waals surface area contributed by atoms with Crippen LogP contribution >= 0.6 is 11.6 Å². The zero-order valence-corrected chi connectivity index (χ0v) is 13.1. The van der Waals surface area contributed by atoms with E-state index in [4.69, 9.17) is 11.6 Å². The van der Waals surface area contributed by atoms with E-state index in [9.17, 15) is 4.39 Å². The number of anilines is 3. The molecule has 1 aromatic carbocycles. The first-order chi connectivity index (χ1) is 9.99. The number of nitrogens with zero attached hydrogens (tertiary/aromatic N) is 2. The molecule has 0 amide bonds. The summed E-state index contributed by atoms with van der Waals surface area (Å²) in [6.07, 6.45) is 1.00. The summed E-state index contributed by atoms with van der Waals surface area (Å²) in [7, 11) is 0. The predicted molar refractivity (Wildman–Crippen MR) is 85.0 cm³/mol. The number of benzene rings is 1. The summed E-state index contributed by atoms with van der Waals surface area (Å²) in [5, 5.41) is 6.70. The van der Waals surface area contributed by atoms with E-state index in [1.807, 2.05) is 13.8 Å². The normalized spacial score (nSPS) is 10.5. The molecule has 0 fully saturated rings. The van der Waals surface area contributed by atoms with Crippen molar-refractivity contribution < 1.29 is 4.39 Å². The van der Waals surface area contributed by atoms with Crippen molar-refractivity contribution in [2.75, 3.05) is 17.2 Å².